The summed E-state index contributed by atoms with van der Waals surface area (Å²) in [4.78, 5) is 22.9. The van der Waals surface area contributed by atoms with E-state index in [1.54, 1.807) is 24.3 Å². The molecule has 5 nitrogen and oxygen atoms in total. The maximum absolute atomic E-state index is 12.6. The van der Waals surface area contributed by atoms with E-state index in [0.717, 1.165) is 27.8 Å². The number of urea groups is 1. The summed E-state index contributed by atoms with van der Waals surface area (Å²) in [7, 11) is 1.78. The summed E-state index contributed by atoms with van der Waals surface area (Å²) < 4.78 is 0. The van der Waals surface area contributed by atoms with Crippen LogP contribution in [-0.2, 0) is 0 Å². The van der Waals surface area contributed by atoms with Crippen molar-refractivity contribution in [1.82, 2.24) is 14.9 Å². The zero-order valence-electron chi connectivity index (χ0n) is 14.0. The van der Waals surface area contributed by atoms with Gasteiger partial charge in [-0.2, -0.15) is 0 Å². The number of fused-ring (bicyclic) bond motifs is 1. The minimum Gasteiger partial charge on any atom is -0.321 e. The first kappa shape index (κ1) is 15.9. The Labute approximate surface area is 141 Å². The molecule has 1 N–H and O–H groups in total. The van der Waals surface area contributed by atoms with Crippen LogP contribution in [-0.4, -0.2) is 27.9 Å². The van der Waals surface area contributed by atoms with Gasteiger partial charge < -0.3 is 10.2 Å². The van der Waals surface area contributed by atoms with E-state index >= 15 is 0 Å². The lowest BCUT2D eigenvalue weighted by Crippen LogP contribution is -2.33. The van der Waals surface area contributed by atoms with E-state index in [-0.39, 0.29) is 12.1 Å². The third-order valence-electron chi connectivity index (χ3n) is 4.19. The van der Waals surface area contributed by atoms with Crippen LogP contribution in [0.2, 0.25) is 0 Å². The van der Waals surface area contributed by atoms with E-state index in [9.17, 15) is 4.79 Å². The maximum Gasteiger partial charge on any atom is 0.322 e. The highest BCUT2D eigenvalue weighted by molar-refractivity contribution is 5.99. The molecular formula is C19H20N4O. The lowest BCUT2D eigenvalue weighted by atomic mass is 10.1. The smallest absolute Gasteiger partial charge is 0.321 e. The molecule has 2 aromatic heterocycles. The van der Waals surface area contributed by atoms with Crippen molar-refractivity contribution in [2.45, 2.75) is 19.9 Å². The summed E-state index contributed by atoms with van der Waals surface area (Å²) in [5, 5.41) is 3.97. The van der Waals surface area contributed by atoms with Crippen molar-refractivity contribution in [2.24, 2.45) is 0 Å². The van der Waals surface area contributed by atoms with Gasteiger partial charge in [-0.15, -0.1) is 0 Å². The van der Waals surface area contributed by atoms with Crippen LogP contribution in [0.4, 0.5) is 10.5 Å². The average molecular weight is 320 g/mol. The molecule has 3 aromatic rings. The number of para-hydroxylation sites is 1. The molecule has 0 saturated heterocycles. The summed E-state index contributed by atoms with van der Waals surface area (Å²) in [6, 6.07) is 13.4. The number of aryl methyl sites for hydroxylation is 1. The third-order valence-corrected chi connectivity index (χ3v) is 4.19. The van der Waals surface area contributed by atoms with Crippen LogP contribution in [0.15, 0.2) is 54.9 Å². The molecule has 2 heterocycles. The first-order valence-electron chi connectivity index (χ1n) is 7.86. The van der Waals surface area contributed by atoms with Gasteiger partial charge in [-0.25, -0.2) is 4.79 Å². The minimum atomic E-state index is -0.171. The summed E-state index contributed by atoms with van der Waals surface area (Å²) in [5.41, 5.74) is 3.48. The van der Waals surface area contributed by atoms with Gasteiger partial charge in [0.05, 0.1) is 17.2 Å². The van der Waals surface area contributed by atoms with E-state index in [4.69, 9.17) is 0 Å². The molecule has 3 rings (SSSR count). The molecule has 0 fully saturated rings. The molecule has 0 aliphatic carbocycles. The Balaban J connectivity index is 1.83. The van der Waals surface area contributed by atoms with Crippen LogP contribution in [0.1, 0.15) is 24.2 Å². The van der Waals surface area contributed by atoms with Gasteiger partial charge in [0.15, 0.2) is 0 Å². The number of nitrogens with zero attached hydrogens (tertiary/aromatic N) is 3. The molecule has 0 spiro atoms. The number of rotatable bonds is 3. The molecule has 0 saturated carbocycles. The van der Waals surface area contributed by atoms with Gasteiger partial charge in [-0.1, -0.05) is 18.2 Å². The van der Waals surface area contributed by atoms with Crippen molar-refractivity contribution in [2.75, 3.05) is 12.4 Å². The van der Waals surface area contributed by atoms with Crippen molar-refractivity contribution in [3.8, 4) is 0 Å². The van der Waals surface area contributed by atoms with Crippen molar-refractivity contribution in [3.63, 3.8) is 0 Å². The monoisotopic (exact) mass is 320 g/mol. The van der Waals surface area contributed by atoms with E-state index in [1.165, 1.54) is 0 Å². The van der Waals surface area contributed by atoms with Crippen LogP contribution < -0.4 is 5.32 Å². The number of carbonyl (C=O) groups excluding carboxylic acids is 1. The molecule has 122 valence electrons. The van der Waals surface area contributed by atoms with Crippen LogP contribution in [0, 0.1) is 6.92 Å². The van der Waals surface area contributed by atoms with Gasteiger partial charge in [0.2, 0.25) is 0 Å². The number of hydrogen-bond acceptors (Lipinski definition) is 3. The summed E-state index contributed by atoms with van der Waals surface area (Å²) >= 11 is 0. The summed E-state index contributed by atoms with van der Waals surface area (Å²) in [6.07, 6.45) is 3.46. The molecule has 0 aliphatic heterocycles. The zero-order chi connectivity index (χ0) is 17.1. The van der Waals surface area contributed by atoms with Crippen LogP contribution in [0.5, 0.6) is 0 Å². The van der Waals surface area contributed by atoms with Gasteiger partial charge in [0, 0.05) is 30.5 Å². The fraction of sp³-hybridized carbons (Fsp3) is 0.211. The largest absolute Gasteiger partial charge is 0.322 e. The van der Waals surface area contributed by atoms with Gasteiger partial charge >= 0.3 is 6.03 Å². The lowest BCUT2D eigenvalue weighted by molar-refractivity contribution is 0.208. The highest BCUT2D eigenvalue weighted by Crippen LogP contribution is 2.24. The number of aromatic nitrogens is 2. The van der Waals surface area contributed by atoms with Gasteiger partial charge in [-0.05, 0) is 43.7 Å². The van der Waals surface area contributed by atoms with Crippen LogP contribution in [0.25, 0.3) is 10.9 Å². The van der Waals surface area contributed by atoms with E-state index in [2.05, 4.69) is 15.3 Å². The van der Waals surface area contributed by atoms with Gasteiger partial charge in [0.25, 0.3) is 0 Å². The summed E-state index contributed by atoms with van der Waals surface area (Å²) in [5.74, 6) is 0. The molecule has 0 radical (unpaired) electrons. The van der Waals surface area contributed by atoms with Crippen molar-refractivity contribution < 1.29 is 4.79 Å². The average Bonchev–Trinajstić information content (AvgIpc) is 2.61. The second-order valence-corrected chi connectivity index (χ2v) is 5.83. The zero-order valence-corrected chi connectivity index (χ0v) is 14.0. The predicted octanol–water partition coefficient (Wildman–Crippen LogP) is 4.16. The highest BCUT2D eigenvalue weighted by Gasteiger charge is 2.18. The summed E-state index contributed by atoms with van der Waals surface area (Å²) in [6.45, 7) is 3.93. The second-order valence-electron chi connectivity index (χ2n) is 5.83. The maximum atomic E-state index is 12.6. The molecule has 1 unspecified atom stereocenters. The van der Waals surface area contributed by atoms with Gasteiger partial charge in [0.1, 0.15) is 0 Å². The normalized spacial score (nSPS) is 12.0. The van der Waals surface area contributed by atoms with Crippen LogP contribution in [0.3, 0.4) is 0 Å². The Morgan fingerprint density at radius 3 is 2.62 bits per heavy atom. The van der Waals surface area contributed by atoms with Gasteiger partial charge in [-0.3, -0.25) is 9.97 Å². The van der Waals surface area contributed by atoms with Crippen LogP contribution >= 0.6 is 0 Å². The molecule has 0 aliphatic rings. The number of amides is 2. The highest BCUT2D eigenvalue weighted by atomic mass is 16.2. The fourth-order valence-corrected chi connectivity index (χ4v) is 2.59. The molecule has 24 heavy (non-hydrogen) atoms. The SMILES string of the molecule is Cc1ccc2cccc(NC(=O)N(C)C(C)c3ccncc3)c2n1. The first-order valence-corrected chi connectivity index (χ1v) is 7.86. The van der Waals surface area contributed by atoms with Crippen molar-refractivity contribution in [1.29, 1.82) is 0 Å². The number of pyridine rings is 2. The number of anilines is 1. The number of hydrogen-bond donors (Lipinski definition) is 1. The Morgan fingerprint density at radius 1 is 1.12 bits per heavy atom. The molecule has 1 atom stereocenters. The number of benzene rings is 1. The molecule has 2 amide bonds. The Morgan fingerprint density at radius 2 is 1.88 bits per heavy atom. The van der Waals surface area contributed by atoms with Crippen molar-refractivity contribution in [3.05, 3.63) is 66.1 Å². The molecule has 5 heteroatoms. The Hall–Kier alpha value is -2.95. The quantitative estimate of drug-likeness (QED) is 0.788. The molecule has 1 aromatic carbocycles. The van der Waals surface area contributed by atoms with E-state index < -0.39 is 0 Å². The third kappa shape index (κ3) is 3.20. The second kappa shape index (κ2) is 6.66. The molecular weight excluding hydrogens is 300 g/mol. The van der Waals surface area contributed by atoms with E-state index in [0.29, 0.717) is 0 Å². The number of nitrogens with one attached hydrogen (secondary N) is 1. The predicted molar refractivity (Wildman–Crippen MR) is 95.9 cm³/mol. The van der Waals surface area contributed by atoms with Crippen molar-refractivity contribution >= 4 is 22.6 Å². The minimum absolute atomic E-state index is 0.0577. The first-order chi connectivity index (χ1) is 11.6. The Bertz CT molecular complexity index is 864. The molecule has 0 bridgehead atoms. The fourth-order valence-electron chi connectivity index (χ4n) is 2.59. The van der Waals surface area contributed by atoms with E-state index in [1.807, 2.05) is 56.3 Å². The standard InChI is InChI=1S/C19H20N4O/c1-13-7-8-16-5-4-6-17(18(16)21-13)22-19(24)23(3)14(2)15-9-11-20-12-10-15/h4-12,14H,1-3H3,(H,22,24). The number of carbonyl (C=O) groups is 1. The topological polar surface area (TPSA) is 58.1 Å². The lowest BCUT2D eigenvalue weighted by Gasteiger charge is -2.25. The Kier molecular flexibility index (Phi) is 4.42.